The first kappa shape index (κ1) is 18.6. The van der Waals surface area contributed by atoms with Crippen LogP contribution in [0.2, 0.25) is 0 Å². The van der Waals surface area contributed by atoms with Crippen molar-refractivity contribution in [3.05, 3.63) is 75.1 Å². The summed E-state index contributed by atoms with van der Waals surface area (Å²) in [6, 6.07) is 14.5. The van der Waals surface area contributed by atoms with E-state index in [0.717, 1.165) is 32.4 Å². The molecule has 3 aromatic rings. The van der Waals surface area contributed by atoms with Gasteiger partial charge in [0.1, 0.15) is 0 Å². The van der Waals surface area contributed by atoms with E-state index in [9.17, 15) is 9.59 Å². The molecular weight excluding hydrogens is 352 g/mol. The molecule has 146 valence electrons. The molecule has 1 unspecified atom stereocenters. The van der Waals surface area contributed by atoms with Crippen molar-refractivity contribution in [3.8, 4) is 0 Å². The maximum atomic E-state index is 12.7. The zero-order valence-electron chi connectivity index (χ0n) is 16.2. The molecule has 1 saturated heterocycles. The van der Waals surface area contributed by atoms with E-state index < -0.39 is 0 Å². The number of likely N-dealkylation sites (tertiary alicyclic amines) is 1. The van der Waals surface area contributed by atoms with Crippen LogP contribution in [0.25, 0.3) is 11.0 Å². The molecule has 6 heteroatoms. The molecule has 4 rings (SSSR count). The number of hydrogen-bond donors (Lipinski definition) is 1. The molecule has 0 radical (unpaired) electrons. The van der Waals surface area contributed by atoms with Gasteiger partial charge in [0.25, 0.3) is 5.56 Å². The third-order valence-corrected chi connectivity index (χ3v) is 5.84. The molecule has 1 aliphatic heterocycles. The maximum Gasteiger partial charge on any atom is 0.328 e. The summed E-state index contributed by atoms with van der Waals surface area (Å²) < 4.78 is 1.32. The second kappa shape index (κ2) is 8.10. The molecule has 1 atom stereocenters. The summed E-state index contributed by atoms with van der Waals surface area (Å²) in [4.78, 5) is 34.6. The minimum Gasteiger partial charge on any atom is -0.305 e. The largest absolute Gasteiger partial charge is 0.328 e. The molecule has 28 heavy (non-hydrogen) atoms. The Hall–Kier alpha value is -2.73. The van der Waals surface area contributed by atoms with Crippen LogP contribution in [0.5, 0.6) is 0 Å². The highest BCUT2D eigenvalue weighted by Crippen LogP contribution is 2.29. The van der Waals surface area contributed by atoms with Crippen LogP contribution in [0.4, 0.5) is 0 Å². The Labute approximate surface area is 163 Å². The van der Waals surface area contributed by atoms with Gasteiger partial charge in [-0.25, -0.2) is 9.78 Å². The first-order chi connectivity index (χ1) is 13.7. The molecule has 0 spiro atoms. The van der Waals surface area contributed by atoms with Gasteiger partial charge in [-0.2, -0.15) is 0 Å². The molecule has 1 N–H and O–H groups in total. The van der Waals surface area contributed by atoms with E-state index in [2.05, 4.69) is 52.1 Å². The van der Waals surface area contributed by atoms with Gasteiger partial charge in [-0.3, -0.25) is 14.3 Å². The Kier molecular flexibility index (Phi) is 5.39. The highest BCUT2D eigenvalue weighted by atomic mass is 16.2. The normalized spacial score (nSPS) is 17.0. The summed E-state index contributed by atoms with van der Waals surface area (Å²) in [5.74, 6) is 0.324. The number of nitrogens with zero attached hydrogens (tertiary/aromatic N) is 3. The maximum absolute atomic E-state index is 12.7. The van der Waals surface area contributed by atoms with Crippen molar-refractivity contribution in [1.29, 1.82) is 0 Å². The van der Waals surface area contributed by atoms with Crippen LogP contribution in [0, 0.1) is 5.92 Å². The fraction of sp³-hybridized carbons (Fsp3) is 0.409. The summed E-state index contributed by atoms with van der Waals surface area (Å²) in [7, 11) is 0. The second-order valence-electron chi connectivity index (χ2n) is 7.56. The number of aromatic nitrogens is 3. The number of rotatable bonds is 5. The van der Waals surface area contributed by atoms with Gasteiger partial charge >= 0.3 is 5.69 Å². The molecule has 0 amide bonds. The average molecular weight is 378 g/mol. The summed E-state index contributed by atoms with van der Waals surface area (Å²) in [5, 5.41) is 0. The minimum absolute atomic E-state index is 0.294. The van der Waals surface area contributed by atoms with Gasteiger partial charge in [-0.15, -0.1) is 0 Å². The van der Waals surface area contributed by atoms with Crippen LogP contribution >= 0.6 is 0 Å². The molecule has 6 nitrogen and oxygen atoms in total. The van der Waals surface area contributed by atoms with Crippen molar-refractivity contribution in [2.75, 3.05) is 13.1 Å². The lowest BCUT2D eigenvalue weighted by Crippen LogP contribution is -2.41. The van der Waals surface area contributed by atoms with Crippen LogP contribution in [0.3, 0.4) is 0 Å². The van der Waals surface area contributed by atoms with E-state index in [-0.39, 0.29) is 11.2 Å². The number of nitrogens with one attached hydrogen (secondary N) is 1. The van der Waals surface area contributed by atoms with Gasteiger partial charge in [0, 0.05) is 18.8 Å². The molecular formula is C22H26N4O2. The predicted molar refractivity (Wildman–Crippen MR) is 110 cm³/mol. The van der Waals surface area contributed by atoms with Crippen molar-refractivity contribution in [2.45, 2.75) is 38.8 Å². The van der Waals surface area contributed by atoms with Crippen LogP contribution in [0.1, 0.15) is 37.8 Å². The molecule has 0 saturated carbocycles. The topological polar surface area (TPSA) is 71.0 Å². The van der Waals surface area contributed by atoms with E-state index >= 15 is 0 Å². The number of pyridine rings is 1. The lowest BCUT2D eigenvalue weighted by atomic mass is 9.93. The van der Waals surface area contributed by atoms with E-state index in [4.69, 9.17) is 0 Å². The molecule has 0 bridgehead atoms. The number of aromatic amines is 1. The van der Waals surface area contributed by atoms with Gasteiger partial charge in [-0.1, -0.05) is 37.3 Å². The fourth-order valence-electron chi connectivity index (χ4n) is 4.33. The van der Waals surface area contributed by atoms with E-state index in [1.807, 2.05) is 0 Å². The lowest BCUT2D eigenvalue weighted by molar-refractivity contribution is 0.121. The monoisotopic (exact) mass is 378 g/mol. The molecule has 0 aliphatic carbocycles. The smallest absolute Gasteiger partial charge is 0.305 e. The summed E-state index contributed by atoms with van der Waals surface area (Å²) in [6.45, 7) is 4.65. The molecule has 1 fully saturated rings. The average Bonchev–Trinajstić information content (AvgIpc) is 2.73. The molecule has 1 aromatic carbocycles. The van der Waals surface area contributed by atoms with Crippen LogP contribution < -0.4 is 11.2 Å². The van der Waals surface area contributed by atoms with Crippen LogP contribution in [0.15, 0.2) is 58.3 Å². The first-order valence-electron chi connectivity index (χ1n) is 10.0. The zero-order valence-corrected chi connectivity index (χ0v) is 16.2. The van der Waals surface area contributed by atoms with Crippen molar-refractivity contribution in [3.63, 3.8) is 0 Å². The summed E-state index contributed by atoms with van der Waals surface area (Å²) in [5.41, 5.74) is 1.55. The number of fused-ring (bicyclic) bond motifs is 1. The van der Waals surface area contributed by atoms with E-state index in [1.165, 1.54) is 10.1 Å². The fourth-order valence-corrected chi connectivity index (χ4v) is 4.33. The number of hydrogen-bond acceptors (Lipinski definition) is 4. The minimum atomic E-state index is -0.344. The Morgan fingerprint density at radius 3 is 2.57 bits per heavy atom. The number of piperidine rings is 1. The van der Waals surface area contributed by atoms with Gasteiger partial charge < -0.3 is 4.98 Å². The third kappa shape index (κ3) is 3.64. The third-order valence-electron chi connectivity index (χ3n) is 5.84. The lowest BCUT2D eigenvalue weighted by Gasteiger charge is -2.37. The Morgan fingerprint density at radius 1 is 1.11 bits per heavy atom. The van der Waals surface area contributed by atoms with E-state index in [0.29, 0.717) is 29.5 Å². The SMILES string of the molecule is CCC(c1ccccc1)N1CCC(Cn2c(=O)[nH]c3cccnc3c2=O)CC1. The summed E-state index contributed by atoms with van der Waals surface area (Å²) in [6.07, 6.45) is 4.62. The van der Waals surface area contributed by atoms with Crippen LogP contribution in [-0.2, 0) is 6.54 Å². The Bertz CT molecular complexity index is 1050. The highest BCUT2D eigenvalue weighted by Gasteiger charge is 2.26. The van der Waals surface area contributed by atoms with Gasteiger partial charge in [-0.05, 0) is 56.0 Å². The Morgan fingerprint density at radius 2 is 1.86 bits per heavy atom. The van der Waals surface area contributed by atoms with Crippen molar-refractivity contribution in [2.24, 2.45) is 5.92 Å². The zero-order chi connectivity index (χ0) is 19.5. The standard InChI is InChI=1S/C22H26N4O2/c1-2-19(17-7-4-3-5-8-17)25-13-10-16(11-14-25)15-26-21(27)20-18(24-22(26)28)9-6-12-23-20/h3-9,12,16,19H,2,10-11,13-15H2,1H3,(H,24,28). The van der Waals surface area contributed by atoms with Gasteiger partial charge in [0.2, 0.25) is 0 Å². The highest BCUT2D eigenvalue weighted by molar-refractivity contribution is 5.71. The van der Waals surface area contributed by atoms with Gasteiger partial charge in [0.15, 0.2) is 5.52 Å². The number of H-pyrrole nitrogens is 1. The quantitative estimate of drug-likeness (QED) is 0.741. The van der Waals surface area contributed by atoms with Crippen molar-refractivity contribution in [1.82, 2.24) is 19.4 Å². The predicted octanol–water partition coefficient (Wildman–Crippen LogP) is 2.95. The van der Waals surface area contributed by atoms with E-state index in [1.54, 1.807) is 18.3 Å². The van der Waals surface area contributed by atoms with Crippen molar-refractivity contribution < 1.29 is 0 Å². The summed E-state index contributed by atoms with van der Waals surface area (Å²) >= 11 is 0. The molecule has 1 aliphatic rings. The molecule has 3 heterocycles. The molecule has 2 aromatic heterocycles. The second-order valence-corrected chi connectivity index (χ2v) is 7.56. The van der Waals surface area contributed by atoms with Crippen LogP contribution in [-0.4, -0.2) is 32.5 Å². The van der Waals surface area contributed by atoms with Crippen molar-refractivity contribution >= 4 is 11.0 Å². The first-order valence-corrected chi connectivity index (χ1v) is 10.0. The van der Waals surface area contributed by atoms with Gasteiger partial charge in [0.05, 0.1) is 5.52 Å². The number of benzene rings is 1. The Balaban J connectivity index is 1.47.